The van der Waals surface area contributed by atoms with Crippen molar-refractivity contribution in [2.24, 2.45) is 23.5 Å². The summed E-state index contributed by atoms with van der Waals surface area (Å²) in [6.45, 7) is -0.662. The molecule has 1 aromatic rings. The Morgan fingerprint density at radius 2 is 1.90 bits per heavy atom. The Morgan fingerprint density at radius 3 is 2.52 bits per heavy atom. The molecular formula is C21H31F2N3O3. The molecule has 0 unspecified atom stereocenters. The molecule has 3 rings (SSSR count). The van der Waals surface area contributed by atoms with Gasteiger partial charge in [-0.15, -0.1) is 0 Å². The van der Waals surface area contributed by atoms with E-state index in [0.717, 1.165) is 25.7 Å². The fourth-order valence-electron chi connectivity index (χ4n) is 4.64. The van der Waals surface area contributed by atoms with E-state index in [4.69, 9.17) is 5.73 Å². The van der Waals surface area contributed by atoms with Gasteiger partial charge in [0.05, 0.1) is 23.5 Å². The molecule has 2 saturated carbocycles. The van der Waals surface area contributed by atoms with Crippen LogP contribution in [0, 0.1) is 17.8 Å². The van der Waals surface area contributed by atoms with Crippen LogP contribution in [-0.2, 0) is 17.6 Å². The van der Waals surface area contributed by atoms with E-state index in [1.807, 2.05) is 0 Å². The summed E-state index contributed by atoms with van der Waals surface area (Å²) in [4.78, 5) is 20.8. The molecule has 2 aliphatic rings. The molecule has 1 aromatic heterocycles. The van der Waals surface area contributed by atoms with Gasteiger partial charge in [-0.25, -0.2) is 9.97 Å². The molecule has 3 atom stereocenters. The number of hydrogen-bond acceptors (Lipinski definition) is 5. The molecule has 8 heteroatoms. The van der Waals surface area contributed by atoms with Crippen molar-refractivity contribution >= 4 is 5.91 Å². The Balaban J connectivity index is 1.63. The Morgan fingerprint density at radius 1 is 1.21 bits per heavy atom. The number of nitrogens with two attached hydrogens (primary N) is 1. The van der Waals surface area contributed by atoms with Gasteiger partial charge in [0.1, 0.15) is 5.82 Å². The zero-order valence-electron chi connectivity index (χ0n) is 16.9. The largest absolute Gasteiger partial charge is 0.393 e. The van der Waals surface area contributed by atoms with E-state index < -0.39 is 12.5 Å². The van der Waals surface area contributed by atoms with Gasteiger partial charge in [0.15, 0.2) is 0 Å². The number of aliphatic hydroxyl groups is 1. The van der Waals surface area contributed by atoms with Crippen molar-refractivity contribution in [1.29, 1.82) is 0 Å². The quantitative estimate of drug-likeness (QED) is 0.718. The predicted octanol–water partition coefficient (Wildman–Crippen LogP) is 3.26. The second-order valence-electron chi connectivity index (χ2n) is 8.68. The standard InChI is InChI=1S/C21H31F2N3O3/c1-12-2-3-14(9-18(12)27)8-17-16(20(24)28)11-25-19(26-17)10-13-4-6-15(7-5-13)29-21(22)23/h11-15,18,21,27H,2-10H2,1H3,(H2,24,28)/t12-,13?,14+,15?,18-/m1/s1. The van der Waals surface area contributed by atoms with E-state index in [2.05, 4.69) is 21.6 Å². The van der Waals surface area contributed by atoms with Gasteiger partial charge in [0, 0.05) is 12.6 Å². The van der Waals surface area contributed by atoms with Crippen LogP contribution in [0.3, 0.4) is 0 Å². The van der Waals surface area contributed by atoms with Crippen LogP contribution in [0.4, 0.5) is 8.78 Å². The second-order valence-corrected chi connectivity index (χ2v) is 8.68. The number of carbonyl (C=O) groups excluding carboxylic acids is 1. The third-order valence-corrected chi connectivity index (χ3v) is 6.49. The molecule has 0 aromatic carbocycles. The maximum absolute atomic E-state index is 12.4. The van der Waals surface area contributed by atoms with Gasteiger partial charge in [-0.1, -0.05) is 6.92 Å². The summed E-state index contributed by atoms with van der Waals surface area (Å²) in [6.07, 6.45) is 7.52. The number of alkyl halides is 2. The number of halogens is 2. The number of rotatable bonds is 7. The predicted molar refractivity (Wildman–Crippen MR) is 103 cm³/mol. The van der Waals surface area contributed by atoms with E-state index in [1.165, 1.54) is 6.20 Å². The summed E-state index contributed by atoms with van der Waals surface area (Å²) in [5, 5.41) is 10.2. The monoisotopic (exact) mass is 411 g/mol. The number of primary amides is 1. The highest BCUT2D eigenvalue weighted by Gasteiger charge is 2.28. The molecule has 0 aliphatic heterocycles. The number of aliphatic hydroxyl groups excluding tert-OH is 1. The lowest BCUT2D eigenvalue weighted by atomic mass is 9.78. The fourth-order valence-corrected chi connectivity index (χ4v) is 4.64. The highest BCUT2D eigenvalue weighted by atomic mass is 19.3. The van der Waals surface area contributed by atoms with Gasteiger partial charge in [-0.05, 0) is 69.1 Å². The van der Waals surface area contributed by atoms with Crippen LogP contribution in [0.2, 0.25) is 0 Å². The van der Waals surface area contributed by atoms with Crippen molar-refractivity contribution in [2.45, 2.75) is 83.5 Å². The molecule has 0 spiro atoms. The first-order valence-corrected chi connectivity index (χ1v) is 10.6. The maximum atomic E-state index is 12.4. The zero-order valence-corrected chi connectivity index (χ0v) is 16.9. The molecule has 2 aliphatic carbocycles. The molecule has 29 heavy (non-hydrogen) atoms. The maximum Gasteiger partial charge on any atom is 0.345 e. The zero-order chi connectivity index (χ0) is 21.0. The third kappa shape index (κ3) is 6.15. The van der Waals surface area contributed by atoms with E-state index in [-0.39, 0.29) is 18.1 Å². The molecule has 162 valence electrons. The van der Waals surface area contributed by atoms with Gasteiger partial charge in [0.25, 0.3) is 5.91 Å². The van der Waals surface area contributed by atoms with Crippen molar-refractivity contribution in [3.05, 3.63) is 23.3 Å². The topological polar surface area (TPSA) is 98.3 Å². The van der Waals surface area contributed by atoms with Crippen molar-refractivity contribution < 1.29 is 23.4 Å². The number of amides is 1. The van der Waals surface area contributed by atoms with Crippen LogP contribution in [0.5, 0.6) is 0 Å². The molecule has 1 amide bonds. The summed E-state index contributed by atoms with van der Waals surface area (Å²) in [7, 11) is 0. The van der Waals surface area contributed by atoms with Gasteiger partial charge in [-0.2, -0.15) is 8.78 Å². The second kappa shape index (κ2) is 9.89. The summed E-state index contributed by atoms with van der Waals surface area (Å²) in [6, 6.07) is 0. The molecule has 3 N–H and O–H groups in total. The summed E-state index contributed by atoms with van der Waals surface area (Å²) < 4.78 is 29.3. The molecule has 0 radical (unpaired) electrons. The fraction of sp³-hybridized carbons (Fsp3) is 0.762. The lowest BCUT2D eigenvalue weighted by Gasteiger charge is -2.31. The Kier molecular flexibility index (Phi) is 7.51. The molecule has 0 bridgehead atoms. The number of carbonyl (C=O) groups is 1. The number of hydrogen-bond donors (Lipinski definition) is 2. The van der Waals surface area contributed by atoms with Gasteiger partial charge >= 0.3 is 6.61 Å². The average Bonchev–Trinajstić information content (AvgIpc) is 2.66. The molecule has 0 saturated heterocycles. The highest BCUT2D eigenvalue weighted by molar-refractivity contribution is 5.93. The molecule has 2 fully saturated rings. The lowest BCUT2D eigenvalue weighted by Crippen LogP contribution is -2.29. The third-order valence-electron chi connectivity index (χ3n) is 6.49. The van der Waals surface area contributed by atoms with Gasteiger partial charge < -0.3 is 15.6 Å². The van der Waals surface area contributed by atoms with Crippen LogP contribution in [0.25, 0.3) is 0 Å². The summed E-state index contributed by atoms with van der Waals surface area (Å²) in [5.74, 6) is 1.00. The molecular weight excluding hydrogens is 380 g/mol. The first kappa shape index (κ1) is 22.0. The van der Waals surface area contributed by atoms with Gasteiger partial charge in [0.2, 0.25) is 0 Å². The number of ether oxygens (including phenoxy) is 1. The highest BCUT2D eigenvalue weighted by Crippen LogP contribution is 2.32. The number of aromatic nitrogens is 2. The van der Waals surface area contributed by atoms with Crippen molar-refractivity contribution in [2.75, 3.05) is 0 Å². The van der Waals surface area contributed by atoms with Crippen LogP contribution in [-0.4, -0.2) is 39.8 Å². The van der Waals surface area contributed by atoms with E-state index >= 15 is 0 Å². The first-order chi connectivity index (χ1) is 13.8. The van der Waals surface area contributed by atoms with E-state index in [9.17, 15) is 18.7 Å². The van der Waals surface area contributed by atoms with Crippen molar-refractivity contribution in [1.82, 2.24) is 9.97 Å². The van der Waals surface area contributed by atoms with Crippen molar-refractivity contribution in [3.63, 3.8) is 0 Å². The minimum Gasteiger partial charge on any atom is -0.393 e. The minimum atomic E-state index is -2.72. The minimum absolute atomic E-state index is 0.268. The van der Waals surface area contributed by atoms with Crippen molar-refractivity contribution in [3.8, 4) is 0 Å². The average molecular weight is 411 g/mol. The normalized spacial score (nSPS) is 30.4. The summed E-state index contributed by atoms with van der Waals surface area (Å²) >= 11 is 0. The van der Waals surface area contributed by atoms with Crippen LogP contribution in [0.15, 0.2) is 6.20 Å². The number of nitrogens with zero attached hydrogens (tertiary/aromatic N) is 2. The van der Waals surface area contributed by atoms with Crippen LogP contribution in [0.1, 0.15) is 73.7 Å². The SMILES string of the molecule is C[C@@H]1CC[C@@H](Cc2nc(CC3CCC(OC(F)F)CC3)ncc2C(N)=O)C[C@H]1O. The van der Waals surface area contributed by atoms with E-state index in [1.54, 1.807) is 0 Å². The Labute approximate surface area is 170 Å². The van der Waals surface area contributed by atoms with E-state index in [0.29, 0.717) is 61.0 Å². The Bertz CT molecular complexity index is 696. The van der Waals surface area contributed by atoms with Gasteiger partial charge in [-0.3, -0.25) is 4.79 Å². The molecule has 6 nitrogen and oxygen atoms in total. The lowest BCUT2D eigenvalue weighted by molar-refractivity contribution is -0.171. The van der Waals surface area contributed by atoms with Crippen LogP contribution >= 0.6 is 0 Å². The molecule has 1 heterocycles. The Hall–Kier alpha value is -1.67. The summed E-state index contributed by atoms with van der Waals surface area (Å²) in [5.41, 5.74) is 6.51. The smallest absolute Gasteiger partial charge is 0.345 e. The van der Waals surface area contributed by atoms with Crippen LogP contribution < -0.4 is 5.73 Å². The first-order valence-electron chi connectivity index (χ1n) is 10.6.